The van der Waals surface area contributed by atoms with Crippen molar-refractivity contribution in [3.63, 3.8) is 0 Å². The fraction of sp³-hybridized carbons (Fsp3) is 0.588. The van der Waals surface area contributed by atoms with Crippen molar-refractivity contribution in [3.8, 4) is 5.75 Å². The molecule has 0 spiro atoms. The molecular formula is C17H25ClN2O2. The Labute approximate surface area is 138 Å². The molecule has 0 aromatic heterocycles. The number of para-hydroxylation sites is 1. The van der Waals surface area contributed by atoms with Crippen molar-refractivity contribution < 1.29 is 9.53 Å². The van der Waals surface area contributed by atoms with Gasteiger partial charge in [0.05, 0.1) is 12.3 Å². The Balaban J connectivity index is 0.00000176. The van der Waals surface area contributed by atoms with Gasteiger partial charge in [0, 0.05) is 6.42 Å². The summed E-state index contributed by atoms with van der Waals surface area (Å²) < 4.78 is 5.73. The average molecular weight is 325 g/mol. The van der Waals surface area contributed by atoms with Crippen LogP contribution in [0.2, 0.25) is 0 Å². The molecule has 1 aromatic rings. The van der Waals surface area contributed by atoms with Crippen molar-refractivity contribution in [1.82, 2.24) is 5.32 Å². The zero-order chi connectivity index (χ0) is 14.5. The molecule has 1 fully saturated rings. The highest BCUT2D eigenvalue weighted by Gasteiger charge is 2.17. The summed E-state index contributed by atoms with van der Waals surface area (Å²) >= 11 is 0. The van der Waals surface area contributed by atoms with Gasteiger partial charge in [-0.05, 0) is 62.7 Å². The van der Waals surface area contributed by atoms with Gasteiger partial charge in [-0.1, -0.05) is 12.1 Å². The number of carbonyl (C=O) groups is 1. The third kappa shape index (κ3) is 4.37. The maximum atomic E-state index is 12.2. The van der Waals surface area contributed by atoms with Gasteiger partial charge in [-0.3, -0.25) is 4.79 Å². The molecule has 2 heterocycles. The van der Waals surface area contributed by atoms with Crippen LogP contribution in [0.1, 0.15) is 37.7 Å². The van der Waals surface area contributed by atoms with Crippen molar-refractivity contribution in [2.24, 2.45) is 5.92 Å². The van der Waals surface area contributed by atoms with E-state index in [9.17, 15) is 4.79 Å². The molecular weight excluding hydrogens is 300 g/mol. The first-order valence-corrected chi connectivity index (χ1v) is 8.08. The molecule has 122 valence electrons. The summed E-state index contributed by atoms with van der Waals surface area (Å²) in [7, 11) is 0. The highest BCUT2D eigenvalue weighted by atomic mass is 35.5. The monoisotopic (exact) mass is 324 g/mol. The zero-order valence-corrected chi connectivity index (χ0v) is 13.7. The topological polar surface area (TPSA) is 50.4 Å². The normalized spacial score (nSPS) is 17.8. The minimum absolute atomic E-state index is 0. The largest absolute Gasteiger partial charge is 0.491 e. The molecule has 0 unspecified atom stereocenters. The molecule has 0 atom stereocenters. The van der Waals surface area contributed by atoms with Gasteiger partial charge in [-0.2, -0.15) is 0 Å². The summed E-state index contributed by atoms with van der Waals surface area (Å²) in [6.07, 6.45) is 6.07. The molecule has 1 amide bonds. The van der Waals surface area contributed by atoms with Crippen molar-refractivity contribution in [3.05, 3.63) is 23.8 Å². The number of halogens is 1. The van der Waals surface area contributed by atoms with Gasteiger partial charge in [0.2, 0.25) is 5.91 Å². The molecule has 2 N–H and O–H groups in total. The van der Waals surface area contributed by atoms with E-state index in [1.807, 2.05) is 12.1 Å². The van der Waals surface area contributed by atoms with Crippen LogP contribution in [0.3, 0.4) is 0 Å². The van der Waals surface area contributed by atoms with Crippen LogP contribution in [0.25, 0.3) is 0 Å². The van der Waals surface area contributed by atoms with Gasteiger partial charge in [0.25, 0.3) is 0 Å². The van der Waals surface area contributed by atoms with Gasteiger partial charge in [-0.25, -0.2) is 0 Å². The van der Waals surface area contributed by atoms with Crippen molar-refractivity contribution in [1.29, 1.82) is 0 Å². The van der Waals surface area contributed by atoms with Crippen molar-refractivity contribution in [2.75, 3.05) is 25.0 Å². The zero-order valence-electron chi connectivity index (χ0n) is 12.9. The first-order chi connectivity index (χ1) is 10.3. The quantitative estimate of drug-likeness (QED) is 0.894. The van der Waals surface area contributed by atoms with Crippen LogP contribution in [0.5, 0.6) is 5.75 Å². The van der Waals surface area contributed by atoms with Gasteiger partial charge in [0.15, 0.2) is 0 Å². The number of hydrogen-bond donors (Lipinski definition) is 2. The van der Waals surface area contributed by atoms with E-state index in [4.69, 9.17) is 4.74 Å². The van der Waals surface area contributed by atoms with E-state index in [2.05, 4.69) is 16.7 Å². The molecule has 22 heavy (non-hydrogen) atoms. The molecule has 1 saturated heterocycles. The Kier molecular flexibility index (Phi) is 6.52. The summed E-state index contributed by atoms with van der Waals surface area (Å²) in [4.78, 5) is 12.2. The lowest BCUT2D eigenvalue weighted by Gasteiger charge is -2.23. The van der Waals surface area contributed by atoms with E-state index in [1.165, 1.54) is 18.4 Å². The third-order valence-electron chi connectivity index (χ3n) is 4.45. The molecule has 0 aliphatic carbocycles. The van der Waals surface area contributed by atoms with Crippen LogP contribution < -0.4 is 15.4 Å². The Morgan fingerprint density at radius 3 is 2.95 bits per heavy atom. The Morgan fingerprint density at radius 2 is 2.14 bits per heavy atom. The first-order valence-electron chi connectivity index (χ1n) is 8.08. The third-order valence-corrected chi connectivity index (χ3v) is 4.45. The molecule has 4 nitrogen and oxygen atoms in total. The molecule has 0 saturated carbocycles. The standard InChI is InChI=1S/C17H24N2O2.ClH/c20-16(7-6-13-8-10-18-11-9-13)19-15-5-1-3-14-4-2-12-21-17(14)15;/h1,3,5,13,18H,2,4,6-12H2,(H,19,20);1H. The Bertz CT molecular complexity index is 501. The van der Waals surface area contributed by atoms with E-state index in [-0.39, 0.29) is 18.3 Å². The molecule has 1 aromatic carbocycles. The number of fused-ring (bicyclic) bond motifs is 1. The molecule has 0 radical (unpaired) electrons. The predicted molar refractivity (Wildman–Crippen MR) is 91.0 cm³/mol. The molecule has 0 bridgehead atoms. The van der Waals surface area contributed by atoms with Gasteiger partial charge < -0.3 is 15.4 Å². The summed E-state index contributed by atoms with van der Waals surface area (Å²) in [5.74, 6) is 1.67. The highest BCUT2D eigenvalue weighted by Crippen LogP contribution is 2.33. The number of rotatable bonds is 4. The van der Waals surface area contributed by atoms with Crippen molar-refractivity contribution in [2.45, 2.75) is 38.5 Å². The number of anilines is 1. The predicted octanol–water partition coefficient (Wildman–Crippen LogP) is 3.15. The Hall–Kier alpha value is -1.26. The van der Waals surface area contributed by atoms with Crippen LogP contribution in [0.15, 0.2) is 18.2 Å². The van der Waals surface area contributed by atoms with Crippen molar-refractivity contribution >= 4 is 24.0 Å². The minimum Gasteiger partial charge on any atom is -0.491 e. The van der Waals surface area contributed by atoms with Crippen LogP contribution in [-0.4, -0.2) is 25.6 Å². The number of amides is 1. The number of piperidine rings is 1. The molecule has 2 aliphatic heterocycles. The summed E-state index contributed by atoms with van der Waals surface area (Å²) in [6.45, 7) is 2.92. The van der Waals surface area contributed by atoms with Crippen LogP contribution >= 0.6 is 12.4 Å². The minimum atomic E-state index is 0. The van der Waals surface area contributed by atoms with Gasteiger partial charge in [0.1, 0.15) is 5.75 Å². The fourth-order valence-corrected chi connectivity index (χ4v) is 3.21. The van der Waals surface area contributed by atoms with E-state index in [0.717, 1.165) is 50.4 Å². The summed E-state index contributed by atoms with van der Waals surface area (Å²) in [6, 6.07) is 6.02. The Morgan fingerprint density at radius 1 is 1.32 bits per heavy atom. The average Bonchev–Trinajstić information content (AvgIpc) is 2.54. The van der Waals surface area contributed by atoms with Gasteiger partial charge >= 0.3 is 0 Å². The lowest BCUT2D eigenvalue weighted by Crippen LogP contribution is -2.28. The van der Waals surface area contributed by atoms with E-state index in [0.29, 0.717) is 12.3 Å². The number of hydrogen-bond acceptors (Lipinski definition) is 3. The number of aryl methyl sites for hydroxylation is 1. The summed E-state index contributed by atoms with van der Waals surface area (Å²) in [5, 5.41) is 6.39. The van der Waals surface area contributed by atoms with Crippen LogP contribution in [-0.2, 0) is 11.2 Å². The number of ether oxygens (including phenoxy) is 1. The number of benzene rings is 1. The second-order valence-electron chi connectivity index (χ2n) is 6.03. The maximum Gasteiger partial charge on any atom is 0.224 e. The lowest BCUT2D eigenvalue weighted by atomic mass is 9.93. The second kappa shape index (κ2) is 8.39. The SMILES string of the molecule is Cl.O=C(CCC1CCNCC1)Nc1cccc2c1OCCC2. The van der Waals surface area contributed by atoms with E-state index >= 15 is 0 Å². The fourth-order valence-electron chi connectivity index (χ4n) is 3.21. The van der Waals surface area contributed by atoms with E-state index in [1.54, 1.807) is 0 Å². The lowest BCUT2D eigenvalue weighted by molar-refractivity contribution is -0.116. The highest BCUT2D eigenvalue weighted by molar-refractivity contribution is 5.92. The first kappa shape index (κ1) is 17.1. The number of nitrogens with one attached hydrogen (secondary N) is 2. The van der Waals surface area contributed by atoms with E-state index < -0.39 is 0 Å². The van der Waals surface area contributed by atoms with Crippen LogP contribution in [0.4, 0.5) is 5.69 Å². The smallest absolute Gasteiger partial charge is 0.224 e. The molecule has 3 rings (SSSR count). The number of carbonyl (C=O) groups excluding carboxylic acids is 1. The van der Waals surface area contributed by atoms with Gasteiger partial charge in [-0.15, -0.1) is 12.4 Å². The molecule has 2 aliphatic rings. The summed E-state index contributed by atoms with van der Waals surface area (Å²) in [5.41, 5.74) is 2.04. The maximum absolute atomic E-state index is 12.2. The molecule has 5 heteroatoms. The van der Waals surface area contributed by atoms with Crippen LogP contribution in [0, 0.1) is 5.92 Å². The second-order valence-corrected chi connectivity index (χ2v) is 6.03.